The van der Waals surface area contributed by atoms with Crippen molar-refractivity contribution in [2.75, 3.05) is 19.0 Å². The first-order valence-electron chi connectivity index (χ1n) is 11.4. The number of carbonyl (C=O) groups excluding carboxylic acids is 1. The average molecular weight is 543 g/mol. The number of halogens is 1. The number of hydrogen-bond acceptors (Lipinski definition) is 11. The van der Waals surface area contributed by atoms with E-state index in [1.807, 2.05) is 0 Å². The van der Waals surface area contributed by atoms with Crippen LogP contribution < -0.4 is 26.8 Å². The summed E-state index contributed by atoms with van der Waals surface area (Å²) in [4.78, 5) is 28.2. The van der Waals surface area contributed by atoms with E-state index in [9.17, 15) is 23.7 Å². The van der Waals surface area contributed by atoms with Crippen LogP contribution in [-0.2, 0) is 23.4 Å². The van der Waals surface area contributed by atoms with E-state index in [1.165, 1.54) is 31.3 Å². The fraction of sp³-hybridized carbons (Fsp3) is 0.500. The number of aliphatic hydroxyl groups excluding tert-OH is 1. The van der Waals surface area contributed by atoms with Crippen molar-refractivity contribution in [3.8, 4) is 5.75 Å². The fourth-order valence-corrected chi connectivity index (χ4v) is 5.07. The van der Waals surface area contributed by atoms with Gasteiger partial charge in [0.05, 0.1) is 12.7 Å². The standard InChI is InChI=1S/C22H31FN5O8P/c1-13(2)34-19(30)14(3)27-37(32,36-15-7-5-4-6-8-15)33-11-16-18(29)22(25,12-23)20(35-16)28-10-9-17(24)26-21(28)31/h4-10,13-14,16,18,20,29H,11-12,25H2,1-3H3,(H,27,32)(H2,24,26,31)/t14-,16+,18?,20+,22+,37?/m0/s1. The monoisotopic (exact) mass is 543 g/mol. The van der Waals surface area contributed by atoms with Crippen molar-refractivity contribution in [1.82, 2.24) is 14.6 Å². The number of nitrogens with one attached hydrogen (secondary N) is 1. The molecule has 2 heterocycles. The third kappa shape index (κ3) is 6.72. The smallest absolute Gasteiger partial charge is 0.459 e. The maximum atomic E-state index is 14.1. The normalized spacial score (nSPS) is 26.0. The van der Waals surface area contributed by atoms with Crippen LogP contribution >= 0.6 is 7.75 Å². The van der Waals surface area contributed by atoms with Crippen LogP contribution in [0.15, 0.2) is 47.4 Å². The number of nitrogen functional groups attached to an aromatic ring is 1. The van der Waals surface area contributed by atoms with Gasteiger partial charge >= 0.3 is 19.4 Å². The lowest BCUT2D eigenvalue weighted by Crippen LogP contribution is -2.57. The molecule has 6 atom stereocenters. The van der Waals surface area contributed by atoms with Gasteiger partial charge in [-0.1, -0.05) is 18.2 Å². The molecule has 1 aromatic carbocycles. The number of nitrogens with two attached hydrogens (primary N) is 2. The van der Waals surface area contributed by atoms with Crippen LogP contribution in [0.5, 0.6) is 5.75 Å². The molecule has 0 saturated carbocycles. The molecule has 3 rings (SSSR count). The largest absolute Gasteiger partial charge is 0.462 e. The summed E-state index contributed by atoms with van der Waals surface area (Å²) in [6, 6.07) is 8.17. The first-order chi connectivity index (χ1) is 17.4. The summed E-state index contributed by atoms with van der Waals surface area (Å²) in [6.45, 7) is 2.82. The van der Waals surface area contributed by atoms with Gasteiger partial charge in [0, 0.05) is 6.20 Å². The molecule has 37 heavy (non-hydrogen) atoms. The molecular formula is C22H31FN5O8P. The molecule has 15 heteroatoms. The number of nitrogens with zero attached hydrogens (tertiary/aromatic N) is 2. The summed E-state index contributed by atoms with van der Waals surface area (Å²) in [5, 5.41) is 13.3. The second-order valence-corrected chi connectivity index (χ2v) is 10.5. The summed E-state index contributed by atoms with van der Waals surface area (Å²) >= 11 is 0. The molecule has 13 nitrogen and oxygen atoms in total. The predicted octanol–water partition coefficient (Wildman–Crippen LogP) is 0.884. The summed E-state index contributed by atoms with van der Waals surface area (Å²) < 4.78 is 50.5. The van der Waals surface area contributed by atoms with Gasteiger partial charge in [0.2, 0.25) is 0 Å². The molecule has 204 valence electrons. The number of benzene rings is 1. The van der Waals surface area contributed by atoms with Crippen LogP contribution in [-0.4, -0.2) is 63.8 Å². The zero-order valence-electron chi connectivity index (χ0n) is 20.5. The van der Waals surface area contributed by atoms with Gasteiger partial charge < -0.3 is 30.6 Å². The molecule has 1 fully saturated rings. The van der Waals surface area contributed by atoms with Crippen molar-refractivity contribution in [2.45, 2.75) is 56.9 Å². The second-order valence-electron chi connectivity index (χ2n) is 8.79. The predicted molar refractivity (Wildman–Crippen MR) is 130 cm³/mol. The van der Waals surface area contributed by atoms with Gasteiger partial charge in [-0.05, 0) is 39.0 Å². The minimum atomic E-state index is -4.31. The van der Waals surface area contributed by atoms with E-state index in [1.54, 1.807) is 32.0 Å². The van der Waals surface area contributed by atoms with Crippen LogP contribution in [0.2, 0.25) is 0 Å². The Balaban J connectivity index is 1.82. The molecule has 1 aliphatic heterocycles. The molecule has 0 radical (unpaired) electrons. The summed E-state index contributed by atoms with van der Waals surface area (Å²) in [6.07, 6.45) is -3.74. The topological polar surface area (TPSA) is 190 Å². The Morgan fingerprint density at radius 2 is 2.00 bits per heavy atom. The summed E-state index contributed by atoms with van der Waals surface area (Å²) in [7, 11) is -4.31. The number of esters is 1. The molecule has 1 saturated heterocycles. The van der Waals surface area contributed by atoms with E-state index in [0.29, 0.717) is 0 Å². The molecule has 0 spiro atoms. The zero-order chi connectivity index (χ0) is 27.4. The lowest BCUT2D eigenvalue weighted by molar-refractivity contribution is -0.149. The van der Waals surface area contributed by atoms with Crippen LogP contribution in [0.1, 0.15) is 27.0 Å². The highest BCUT2D eigenvalue weighted by molar-refractivity contribution is 7.52. The SMILES string of the molecule is CC(C)OC(=O)[C@H](C)NP(=O)(OC[C@H]1O[C@@H](n2ccc(N)nc2=O)[C@@](N)(CF)C1O)Oc1ccccc1. The van der Waals surface area contributed by atoms with Gasteiger partial charge in [-0.2, -0.15) is 10.1 Å². The number of aliphatic hydroxyl groups is 1. The third-order valence-corrected chi connectivity index (χ3v) is 7.08. The summed E-state index contributed by atoms with van der Waals surface area (Å²) in [5.74, 6) is -0.621. The van der Waals surface area contributed by atoms with E-state index >= 15 is 0 Å². The number of ether oxygens (including phenoxy) is 2. The van der Waals surface area contributed by atoms with Crippen LogP contribution in [0, 0.1) is 0 Å². The Labute approximate surface area is 212 Å². The Kier molecular flexibility index (Phi) is 9.05. The average Bonchev–Trinajstić information content (AvgIpc) is 3.08. The van der Waals surface area contributed by atoms with Gasteiger partial charge in [0.25, 0.3) is 0 Å². The van der Waals surface area contributed by atoms with Gasteiger partial charge in [0.1, 0.15) is 42.0 Å². The van der Waals surface area contributed by atoms with Crippen LogP contribution in [0.4, 0.5) is 10.2 Å². The van der Waals surface area contributed by atoms with Crippen LogP contribution in [0.25, 0.3) is 0 Å². The molecule has 2 aromatic rings. The van der Waals surface area contributed by atoms with Crippen molar-refractivity contribution in [3.63, 3.8) is 0 Å². The van der Waals surface area contributed by atoms with Crippen LogP contribution in [0.3, 0.4) is 0 Å². The van der Waals surface area contributed by atoms with Crippen molar-refractivity contribution < 1.29 is 37.4 Å². The van der Waals surface area contributed by atoms with Gasteiger partial charge in [0.15, 0.2) is 6.23 Å². The Morgan fingerprint density at radius 1 is 1.32 bits per heavy atom. The number of hydrogen-bond donors (Lipinski definition) is 4. The number of alkyl halides is 1. The van der Waals surface area contributed by atoms with Gasteiger partial charge in [-0.3, -0.25) is 13.9 Å². The zero-order valence-corrected chi connectivity index (χ0v) is 21.4. The van der Waals surface area contributed by atoms with E-state index in [4.69, 9.17) is 30.0 Å². The molecule has 6 N–H and O–H groups in total. The first kappa shape index (κ1) is 28.7. The third-order valence-electron chi connectivity index (χ3n) is 5.44. The Bertz CT molecular complexity index is 1190. The molecule has 1 aliphatic rings. The number of aromatic nitrogens is 2. The lowest BCUT2D eigenvalue weighted by Gasteiger charge is -2.30. The van der Waals surface area contributed by atoms with E-state index in [2.05, 4.69) is 10.1 Å². The van der Waals surface area contributed by atoms with E-state index in [-0.39, 0.29) is 11.6 Å². The summed E-state index contributed by atoms with van der Waals surface area (Å²) in [5.41, 5.74) is 8.66. The quantitative estimate of drug-likeness (QED) is 0.232. The molecule has 1 aromatic heterocycles. The number of para-hydroxylation sites is 1. The molecule has 2 unspecified atom stereocenters. The van der Waals surface area contributed by atoms with Gasteiger partial charge in [-0.15, -0.1) is 0 Å². The van der Waals surface area contributed by atoms with E-state index in [0.717, 1.165) is 4.57 Å². The second kappa shape index (κ2) is 11.7. The minimum absolute atomic E-state index is 0.0715. The van der Waals surface area contributed by atoms with E-state index < -0.39 is 68.8 Å². The van der Waals surface area contributed by atoms with Gasteiger partial charge in [-0.25, -0.2) is 13.8 Å². The molecule has 0 amide bonds. The molecule has 0 aliphatic carbocycles. The lowest BCUT2D eigenvalue weighted by atomic mass is 9.92. The van der Waals surface area contributed by atoms with Crippen molar-refractivity contribution in [1.29, 1.82) is 0 Å². The minimum Gasteiger partial charge on any atom is -0.462 e. The number of rotatable bonds is 11. The fourth-order valence-electron chi connectivity index (χ4n) is 3.57. The maximum absolute atomic E-state index is 14.1. The highest BCUT2D eigenvalue weighted by Gasteiger charge is 2.56. The van der Waals surface area contributed by atoms with Crippen molar-refractivity contribution in [2.24, 2.45) is 5.73 Å². The Morgan fingerprint density at radius 3 is 2.59 bits per heavy atom. The Hall–Kier alpha value is -2.87. The number of carbonyl (C=O) groups is 1. The highest BCUT2D eigenvalue weighted by Crippen LogP contribution is 2.46. The maximum Gasteiger partial charge on any atom is 0.459 e. The van der Waals surface area contributed by atoms with Crippen molar-refractivity contribution >= 4 is 19.5 Å². The number of anilines is 1. The molecular weight excluding hydrogens is 512 g/mol. The highest BCUT2D eigenvalue weighted by atomic mass is 31.2. The first-order valence-corrected chi connectivity index (χ1v) is 12.9. The van der Waals surface area contributed by atoms with Crippen molar-refractivity contribution in [3.05, 3.63) is 53.1 Å². The molecule has 0 bridgehead atoms.